The number of likely N-dealkylation sites (N-methyl/N-ethyl adjacent to an activating group) is 1. The highest BCUT2D eigenvalue weighted by molar-refractivity contribution is 9.10. The average Bonchev–Trinajstić information content (AvgIpc) is 2.66. The van der Waals surface area contributed by atoms with Gasteiger partial charge in [0.15, 0.2) is 6.61 Å². The third-order valence-electron chi connectivity index (χ3n) is 3.61. The molecule has 26 heavy (non-hydrogen) atoms. The van der Waals surface area contributed by atoms with E-state index in [1.807, 2.05) is 49.4 Å². The zero-order valence-corrected chi connectivity index (χ0v) is 16.2. The van der Waals surface area contributed by atoms with Crippen molar-refractivity contribution in [1.82, 2.24) is 0 Å². The Bertz CT molecular complexity index is 790. The molecule has 0 aromatic heterocycles. The van der Waals surface area contributed by atoms with E-state index < -0.39 is 5.97 Å². The van der Waals surface area contributed by atoms with Gasteiger partial charge in [0.1, 0.15) is 5.75 Å². The Morgan fingerprint density at radius 3 is 2.54 bits per heavy atom. The minimum Gasteiger partial charge on any atom is -0.496 e. The number of halogens is 1. The summed E-state index contributed by atoms with van der Waals surface area (Å²) >= 11 is 3.37. The van der Waals surface area contributed by atoms with Crippen molar-refractivity contribution in [1.29, 1.82) is 0 Å². The molecule has 6 heteroatoms. The van der Waals surface area contributed by atoms with Crippen LogP contribution in [0.25, 0.3) is 6.08 Å². The summed E-state index contributed by atoms with van der Waals surface area (Å²) < 4.78 is 11.2. The molecule has 2 rings (SSSR count). The van der Waals surface area contributed by atoms with Crippen LogP contribution in [0.4, 0.5) is 5.69 Å². The number of carbonyl (C=O) groups excluding carboxylic acids is 2. The maximum atomic E-state index is 12.3. The van der Waals surface area contributed by atoms with Crippen molar-refractivity contribution in [3.63, 3.8) is 0 Å². The van der Waals surface area contributed by atoms with E-state index in [2.05, 4.69) is 15.9 Å². The van der Waals surface area contributed by atoms with Gasteiger partial charge in [0.25, 0.3) is 5.91 Å². The van der Waals surface area contributed by atoms with Crippen LogP contribution in [0.15, 0.2) is 59.1 Å². The number of hydrogen-bond donors (Lipinski definition) is 0. The van der Waals surface area contributed by atoms with E-state index in [0.29, 0.717) is 12.3 Å². The van der Waals surface area contributed by atoms with Gasteiger partial charge in [0, 0.05) is 28.3 Å². The molecule has 0 heterocycles. The molecule has 0 aliphatic carbocycles. The SMILES string of the molecule is CCN(C(=O)COC(=O)/C=C/c1cc(Br)ccc1OC)c1ccccc1. The van der Waals surface area contributed by atoms with E-state index in [4.69, 9.17) is 9.47 Å². The molecular weight excluding hydrogens is 398 g/mol. The average molecular weight is 418 g/mol. The number of carbonyl (C=O) groups is 2. The molecule has 0 spiro atoms. The van der Waals surface area contributed by atoms with Crippen molar-refractivity contribution in [2.24, 2.45) is 0 Å². The van der Waals surface area contributed by atoms with E-state index in [-0.39, 0.29) is 12.5 Å². The maximum Gasteiger partial charge on any atom is 0.331 e. The van der Waals surface area contributed by atoms with Gasteiger partial charge in [-0.05, 0) is 43.3 Å². The van der Waals surface area contributed by atoms with Crippen LogP contribution in [0.5, 0.6) is 5.75 Å². The summed E-state index contributed by atoms with van der Waals surface area (Å²) in [6.07, 6.45) is 2.86. The van der Waals surface area contributed by atoms with Gasteiger partial charge in [-0.1, -0.05) is 34.1 Å². The summed E-state index contributed by atoms with van der Waals surface area (Å²) in [5.41, 5.74) is 1.50. The van der Waals surface area contributed by atoms with Crippen molar-refractivity contribution < 1.29 is 19.1 Å². The Morgan fingerprint density at radius 1 is 1.15 bits per heavy atom. The predicted molar refractivity (Wildman–Crippen MR) is 105 cm³/mol. The van der Waals surface area contributed by atoms with Crippen LogP contribution in [0, 0.1) is 0 Å². The van der Waals surface area contributed by atoms with Gasteiger partial charge in [0.2, 0.25) is 0 Å². The van der Waals surface area contributed by atoms with Crippen LogP contribution in [0.2, 0.25) is 0 Å². The van der Waals surface area contributed by atoms with Crippen LogP contribution < -0.4 is 9.64 Å². The quantitative estimate of drug-likeness (QED) is 0.503. The Morgan fingerprint density at radius 2 is 1.88 bits per heavy atom. The molecule has 0 aliphatic heterocycles. The molecule has 0 saturated heterocycles. The van der Waals surface area contributed by atoms with Gasteiger partial charge < -0.3 is 14.4 Å². The molecule has 0 bridgehead atoms. The first-order chi connectivity index (χ1) is 12.5. The molecule has 2 aromatic rings. The van der Waals surface area contributed by atoms with Crippen LogP contribution in [0.3, 0.4) is 0 Å². The Balaban J connectivity index is 1.96. The summed E-state index contributed by atoms with van der Waals surface area (Å²) in [5, 5.41) is 0. The predicted octanol–water partition coefficient (Wildman–Crippen LogP) is 4.07. The topological polar surface area (TPSA) is 55.8 Å². The normalized spacial score (nSPS) is 10.6. The number of ether oxygens (including phenoxy) is 2. The summed E-state index contributed by atoms with van der Waals surface area (Å²) in [6, 6.07) is 14.7. The van der Waals surface area contributed by atoms with Crippen LogP contribution in [-0.4, -0.2) is 32.1 Å². The van der Waals surface area contributed by atoms with E-state index >= 15 is 0 Å². The lowest BCUT2D eigenvalue weighted by molar-refractivity contribution is -0.142. The fraction of sp³-hybridized carbons (Fsp3) is 0.200. The summed E-state index contributed by atoms with van der Waals surface area (Å²) in [6.45, 7) is 2.04. The highest BCUT2D eigenvalue weighted by atomic mass is 79.9. The fourth-order valence-electron chi connectivity index (χ4n) is 2.36. The number of benzene rings is 2. The molecule has 2 aromatic carbocycles. The first-order valence-electron chi connectivity index (χ1n) is 8.09. The number of nitrogens with zero attached hydrogens (tertiary/aromatic N) is 1. The van der Waals surface area contributed by atoms with Gasteiger partial charge in [-0.2, -0.15) is 0 Å². The monoisotopic (exact) mass is 417 g/mol. The lowest BCUT2D eigenvalue weighted by Gasteiger charge is -2.20. The standard InChI is InChI=1S/C20H20BrNO4/c1-3-22(17-7-5-4-6-8-17)19(23)14-26-20(24)12-9-15-13-16(21)10-11-18(15)25-2/h4-13H,3,14H2,1-2H3/b12-9+. The maximum absolute atomic E-state index is 12.3. The van der Waals surface area contributed by atoms with E-state index in [1.54, 1.807) is 24.2 Å². The lowest BCUT2D eigenvalue weighted by Crippen LogP contribution is -2.34. The van der Waals surface area contributed by atoms with Gasteiger partial charge in [0.05, 0.1) is 7.11 Å². The Kier molecular flexibility index (Phi) is 7.41. The van der Waals surface area contributed by atoms with Crippen molar-refractivity contribution in [2.75, 3.05) is 25.2 Å². The highest BCUT2D eigenvalue weighted by Gasteiger charge is 2.15. The van der Waals surface area contributed by atoms with Crippen molar-refractivity contribution in [3.8, 4) is 5.75 Å². The molecule has 0 fully saturated rings. The molecule has 5 nitrogen and oxygen atoms in total. The smallest absolute Gasteiger partial charge is 0.331 e. The summed E-state index contributed by atoms with van der Waals surface area (Å²) in [5.74, 6) is -0.237. The lowest BCUT2D eigenvalue weighted by atomic mass is 10.2. The van der Waals surface area contributed by atoms with Crippen LogP contribution in [0.1, 0.15) is 12.5 Å². The molecule has 0 atom stereocenters. The Hall–Kier alpha value is -2.60. The molecular formula is C20H20BrNO4. The molecule has 0 radical (unpaired) electrons. The third-order valence-corrected chi connectivity index (χ3v) is 4.11. The number of hydrogen-bond acceptors (Lipinski definition) is 4. The summed E-state index contributed by atoms with van der Waals surface area (Å²) in [7, 11) is 1.56. The second-order valence-corrected chi connectivity index (χ2v) is 6.22. The number of para-hydroxylation sites is 1. The zero-order chi connectivity index (χ0) is 18.9. The van der Waals surface area contributed by atoms with Gasteiger partial charge in [-0.3, -0.25) is 4.79 Å². The van der Waals surface area contributed by atoms with Crippen molar-refractivity contribution in [3.05, 3.63) is 64.6 Å². The minimum atomic E-state index is -0.593. The molecule has 136 valence electrons. The second-order valence-electron chi connectivity index (χ2n) is 5.30. The van der Waals surface area contributed by atoms with Crippen molar-refractivity contribution in [2.45, 2.75) is 6.92 Å². The molecule has 1 amide bonds. The number of amides is 1. The van der Waals surface area contributed by atoms with Crippen molar-refractivity contribution >= 4 is 39.6 Å². The number of anilines is 1. The zero-order valence-electron chi connectivity index (χ0n) is 14.6. The largest absolute Gasteiger partial charge is 0.496 e. The van der Waals surface area contributed by atoms with Crippen LogP contribution >= 0.6 is 15.9 Å². The minimum absolute atomic E-state index is 0.277. The number of esters is 1. The number of rotatable bonds is 7. The highest BCUT2D eigenvalue weighted by Crippen LogP contribution is 2.24. The van der Waals surface area contributed by atoms with E-state index in [1.165, 1.54) is 6.08 Å². The van der Waals surface area contributed by atoms with Crippen LogP contribution in [-0.2, 0) is 14.3 Å². The summed E-state index contributed by atoms with van der Waals surface area (Å²) in [4.78, 5) is 25.8. The second kappa shape index (κ2) is 9.77. The first kappa shape index (κ1) is 19.7. The first-order valence-corrected chi connectivity index (χ1v) is 8.88. The third kappa shape index (κ3) is 5.46. The van der Waals surface area contributed by atoms with E-state index in [9.17, 15) is 9.59 Å². The Labute approximate surface area is 161 Å². The van der Waals surface area contributed by atoms with Gasteiger partial charge >= 0.3 is 5.97 Å². The fourth-order valence-corrected chi connectivity index (χ4v) is 2.74. The van der Waals surface area contributed by atoms with Gasteiger partial charge in [-0.15, -0.1) is 0 Å². The molecule has 0 N–H and O–H groups in total. The molecule has 0 aliphatic rings. The van der Waals surface area contributed by atoms with E-state index in [0.717, 1.165) is 15.7 Å². The number of methoxy groups -OCH3 is 1. The van der Waals surface area contributed by atoms with Gasteiger partial charge in [-0.25, -0.2) is 4.79 Å². The molecule has 0 saturated carbocycles. The molecule has 0 unspecified atom stereocenters.